The van der Waals surface area contributed by atoms with Gasteiger partial charge in [-0.3, -0.25) is 26.6 Å². The van der Waals surface area contributed by atoms with Crippen LogP contribution in [0, 0.1) is 5.92 Å². The van der Waals surface area contributed by atoms with Gasteiger partial charge in [-0.1, -0.05) is 196 Å². The van der Waals surface area contributed by atoms with Crippen LogP contribution in [0.1, 0.15) is 270 Å². The van der Waals surface area contributed by atoms with E-state index in [1.807, 2.05) is 0 Å². The van der Waals surface area contributed by atoms with E-state index in [0.29, 0.717) is 18.0 Å². The summed E-state index contributed by atoms with van der Waals surface area (Å²) in [5.41, 5.74) is 7.00. The van der Waals surface area contributed by atoms with Crippen LogP contribution in [0.3, 0.4) is 0 Å². The van der Waals surface area contributed by atoms with E-state index >= 15 is 0 Å². The third-order valence-electron chi connectivity index (χ3n) is 13.9. The fraction of sp³-hybridized carbons (Fsp3) is 1.00. The van der Waals surface area contributed by atoms with Gasteiger partial charge in [0.25, 0.3) is 0 Å². The molecule has 0 heterocycles. The van der Waals surface area contributed by atoms with Crippen LogP contribution >= 0.6 is 12.1 Å². The Kier molecular flexibility index (Phi) is 37.3. The highest BCUT2D eigenvalue weighted by Crippen LogP contribution is 2.42. The molecule has 1 rings (SSSR count). The largest absolute Gasteiger partial charge is 0.309 e. The molecule has 1 aliphatic rings. The molecule has 0 aromatic heterocycles. The molecular weight excluding hydrogens is 847 g/mol. The van der Waals surface area contributed by atoms with Gasteiger partial charge >= 0.3 is 0 Å². The summed E-state index contributed by atoms with van der Waals surface area (Å²) in [7, 11) is 0. The van der Waals surface area contributed by atoms with Gasteiger partial charge in [-0.05, 0) is 111 Å². The summed E-state index contributed by atoms with van der Waals surface area (Å²) in [4.78, 5) is 0. The zero-order valence-corrected chi connectivity index (χ0v) is 48.3. The van der Waals surface area contributed by atoms with Crippen molar-refractivity contribution in [1.29, 1.82) is 0 Å². The Balaban J connectivity index is 4.69. The summed E-state index contributed by atoms with van der Waals surface area (Å²) < 4.78 is 6.39. The first kappa shape index (κ1) is 64.9. The van der Waals surface area contributed by atoms with Crippen molar-refractivity contribution in [2.75, 3.05) is 39.3 Å². The standard InChI is InChI=1S/C55H121N11S/c1-15-22-27-30-32-38-45-60-66(67-61-46-39-31-28-23-16-2)65(63-50-40-34-33-35-41-50)55(57-43-36-25-18-4,58-44-37-29-24-17-3)53(21-7,64-52(12,13)14)54(56-42-26-19-5,59-47-48(8)9)51(20-6)62-49(10)11/h48-51,56-64H,15-47H2,1-14H3. The fourth-order valence-electron chi connectivity index (χ4n) is 10.4. The monoisotopic (exact) mass is 968 g/mol. The van der Waals surface area contributed by atoms with E-state index in [2.05, 4.69) is 154 Å². The quantitative estimate of drug-likeness (QED) is 0.0125. The number of rotatable bonds is 46. The molecule has 67 heavy (non-hydrogen) atoms. The highest BCUT2D eigenvalue weighted by Gasteiger charge is 2.69. The molecule has 0 saturated heterocycles. The number of nitrogens with zero attached hydrogens (tertiary/aromatic N) is 2. The Morgan fingerprint density at radius 1 is 0.552 bits per heavy atom. The van der Waals surface area contributed by atoms with Crippen LogP contribution in [0.4, 0.5) is 0 Å². The third-order valence-corrected chi connectivity index (χ3v) is 14.7. The Labute approximate surface area is 423 Å². The van der Waals surface area contributed by atoms with Crippen molar-refractivity contribution in [3.05, 3.63) is 0 Å². The second-order valence-electron chi connectivity index (χ2n) is 22.2. The maximum absolute atomic E-state index is 4.64. The Morgan fingerprint density at radius 3 is 1.57 bits per heavy atom. The first-order valence-electron chi connectivity index (χ1n) is 29.3. The summed E-state index contributed by atoms with van der Waals surface area (Å²) >= 11 is 1.76. The number of nitrogens with one attached hydrogen (secondary N) is 9. The highest BCUT2D eigenvalue weighted by atomic mass is 32.2. The molecule has 4 atom stereocenters. The van der Waals surface area contributed by atoms with Gasteiger partial charge in [0.2, 0.25) is 0 Å². The predicted octanol–water partition coefficient (Wildman–Crippen LogP) is 12.6. The molecular formula is C55H121N11S. The zero-order chi connectivity index (χ0) is 49.9. The summed E-state index contributed by atoms with van der Waals surface area (Å²) in [5, 5.41) is 29.6. The average Bonchev–Trinajstić information content (AvgIpc) is 3.30. The van der Waals surface area contributed by atoms with E-state index in [0.717, 1.165) is 84.2 Å². The van der Waals surface area contributed by atoms with Crippen molar-refractivity contribution in [1.82, 2.24) is 57.1 Å². The van der Waals surface area contributed by atoms with E-state index in [9.17, 15) is 0 Å². The maximum Gasteiger partial charge on any atom is 0.177 e. The summed E-state index contributed by atoms with van der Waals surface area (Å²) in [6.07, 6.45) is 32.5. The molecule has 0 aliphatic heterocycles. The normalized spacial score (nSPS) is 17.5. The molecule has 4 unspecified atom stereocenters. The molecule has 11 nitrogen and oxygen atoms in total. The lowest BCUT2D eigenvalue weighted by Crippen LogP contribution is -2.97. The maximum atomic E-state index is 4.64. The van der Waals surface area contributed by atoms with Crippen LogP contribution in [0.2, 0.25) is 0 Å². The lowest BCUT2D eigenvalue weighted by molar-refractivity contribution is -0.223. The molecule has 1 aliphatic carbocycles. The van der Waals surface area contributed by atoms with E-state index in [1.165, 1.54) is 128 Å². The lowest BCUT2D eigenvalue weighted by atomic mass is 9.68. The smallest absolute Gasteiger partial charge is 0.177 e. The van der Waals surface area contributed by atoms with Gasteiger partial charge in [-0.15, -0.1) is 5.12 Å². The van der Waals surface area contributed by atoms with Gasteiger partial charge in [0.15, 0.2) is 5.79 Å². The van der Waals surface area contributed by atoms with Crippen LogP contribution in [0.5, 0.6) is 0 Å². The topological polar surface area (TPSA) is 115 Å². The second-order valence-corrected chi connectivity index (χ2v) is 23.1. The Bertz CT molecular complexity index is 1100. The first-order chi connectivity index (χ1) is 32.2. The molecule has 0 amide bonds. The van der Waals surface area contributed by atoms with Crippen molar-refractivity contribution >= 4 is 12.1 Å². The summed E-state index contributed by atoms with van der Waals surface area (Å²) in [6.45, 7) is 38.6. The van der Waals surface area contributed by atoms with Crippen LogP contribution in [-0.4, -0.2) is 89.6 Å². The lowest BCUT2D eigenvalue weighted by Gasteiger charge is -2.67. The van der Waals surface area contributed by atoms with E-state index in [1.54, 1.807) is 12.1 Å². The molecule has 0 aromatic carbocycles. The highest BCUT2D eigenvalue weighted by molar-refractivity contribution is 7.94. The minimum Gasteiger partial charge on any atom is -0.309 e. The molecule has 1 saturated carbocycles. The molecule has 12 heteroatoms. The number of hydrogen-bond donors (Lipinski definition) is 9. The fourth-order valence-corrected chi connectivity index (χ4v) is 11.2. The van der Waals surface area contributed by atoms with Crippen molar-refractivity contribution < 1.29 is 0 Å². The zero-order valence-electron chi connectivity index (χ0n) is 47.4. The minimum atomic E-state index is -0.869. The Morgan fingerprint density at radius 2 is 1.04 bits per heavy atom. The third kappa shape index (κ3) is 24.0. The number of hydrazine groups is 3. The minimum absolute atomic E-state index is 0.0755. The van der Waals surface area contributed by atoms with Crippen molar-refractivity contribution in [3.8, 4) is 0 Å². The van der Waals surface area contributed by atoms with Gasteiger partial charge in [-0.25, -0.2) is 15.6 Å². The van der Waals surface area contributed by atoms with Crippen molar-refractivity contribution in [2.45, 2.75) is 311 Å². The van der Waals surface area contributed by atoms with Gasteiger partial charge in [-0.2, -0.15) is 0 Å². The predicted molar refractivity (Wildman–Crippen MR) is 299 cm³/mol. The van der Waals surface area contributed by atoms with Crippen LogP contribution < -0.4 is 47.5 Å². The molecule has 0 bridgehead atoms. The van der Waals surface area contributed by atoms with Crippen LogP contribution in [-0.2, 0) is 0 Å². The van der Waals surface area contributed by atoms with E-state index in [4.69, 9.17) is 0 Å². The average molecular weight is 969 g/mol. The van der Waals surface area contributed by atoms with Crippen LogP contribution in [0.15, 0.2) is 0 Å². The van der Waals surface area contributed by atoms with Crippen molar-refractivity contribution in [2.24, 2.45) is 5.92 Å². The van der Waals surface area contributed by atoms with Gasteiger partial charge < -0.3 is 5.32 Å². The van der Waals surface area contributed by atoms with Crippen molar-refractivity contribution in [3.63, 3.8) is 0 Å². The van der Waals surface area contributed by atoms with Gasteiger partial charge in [0.1, 0.15) is 11.2 Å². The molecule has 0 radical (unpaired) electrons. The molecule has 9 N–H and O–H groups in total. The Hall–Kier alpha value is -0.0900. The molecule has 0 spiro atoms. The number of unbranched alkanes of at least 4 members (excludes halogenated alkanes) is 15. The van der Waals surface area contributed by atoms with E-state index < -0.39 is 17.0 Å². The number of hydrogen-bond acceptors (Lipinski definition) is 12. The van der Waals surface area contributed by atoms with Crippen LogP contribution in [0.25, 0.3) is 0 Å². The molecule has 1 fully saturated rings. The first-order valence-corrected chi connectivity index (χ1v) is 30.1. The molecule has 402 valence electrons. The molecule has 0 aromatic rings. The SMILES string of the molecule is CCCCCCCCNN(SNCCCCCCC)N(NC1CCCCC1)C(NCCCCC)(NCCCCCC)C(CC)(NC(C)(C)C)C(NCCCC)(NCC(C)C)C(CC)NC(C)C. The summed E-state index contributed by atoms with van der Waals surface area (Å²) in [5.74, 6) is -0.419. The second kappa shape index (κ2) is 38.5. The van der Waals surface area contributed by atoms with Gasteiger partial charge in [0.05, 0.1) is 0 Å². The van der Waals surface area contributed by atoms with Gasteiger partial charge in [0, 0.05) is 48.9 Å². The summed E-state index contributed by atoms with van der Waals surface area (Å²) in [6, 6.07) is 0.707. The van der Waals surface area contributed by atoms with E-state index in [-0.39, 0.29) is 11.6 Å².